The van der Waals surface area contributed by atoms with Gasteiger partial charge in [0.25, 0.3) is 5.91 Å². The van der Waals surface area contributed by atoms with Crippen LogP contribution in [-0.2, 0) is 11.4 Å². The van der Waals surface area contributed by atoms with E-state index in [1.807, 2.05) is 67.8 Å². The molecule has 2 aromatic carbocycles. The van der Waals surface area contributed by atoms with Crippen LogP contribution in [0.3, 0.4) is 0 Å². The molecule has 1 amide bonds. The molecule has 0 atom stereocenters. The van der Waals surface area contributed by atoms with Crippen molar-refractivity contribution in [3.63, 3.8) is 0 Å². The summed E-state index contributed by atoms with van der Waals surface area (Å²) in [6, 6.07) is 13.2. The molecule has 4 rings (SSSR count). The van der Waals surface area contributed by atoms with Gasteiger partial charge in [0.15, 0.2) is 16.7 Å². The lowest BCUT2D eigenvalue weighted by Gasteiger charge is -2.13. The lowest BCUT2D eigenvalue weighted by molar-refractivity contribution is -0.121. The molecule has 0 radical (unpaired) electrons. The first kappa shape index (κ1) is 25.0. The van der Waals surface area contributed by atoms with E-state index in [1.54, 1.807) is 11.0 Å². The number of halogens is 1. The predicted molar refractivity (Wildman–Crippen MR) is 145 cm³/mol. The van der Waals surface area contributed by atoms with Crippen LogP contribution in [0.25, 0.3) is 6.08 Å². The van der Waals surface area contributed by atoms with Crippen molar-refractivity contribution in [2.45, 2.75) is 20.5 Å². The Morgan fingerprint density at radius 1 is 1.20 bits per heavy atom. The average Bonchev–Trinajstić information content (AvgIpc) is 3.38. The van der Waals surface area contributed by atoms with E-state index < -0.39 is 0 Å². The predicted octanol–water partition coefficient (Wildman–Crippen LogP) is 6.87. The summed E-state index contributed by atoms with van der Waals surface area (Å²) in [4.78, 5) is 24.2. The molecule has 180 valence electrons. The zero-order valence-electron chi connectivity index (χ0n) is 19.4. The summed E-state index contributed by atoms with van der Waals surface area (Å²) < 4.78 is 11.8. The maximum absolute atomic E-state index is 13.1. The lowest BCUT2D eigenvalue weighted by atomic mass is 10.1. The maximum atomic E-state index is 13.1. The minimum atomic E-state index is -0.126. The Morgan fingerprint density at radius 2 is 2.03 bits per heavy atom. The molecule has 2 heterocycles. The van der Waals surface area contributed by atoms with Gasteiger partial charge in [0.2, 0.25) is 5.13 Å². The molecule has 1 aliphatic heterocycles. The molecule has 0 N–H and O–H groups in total. The number of amides is 1. The number of carbonyl (C=O) groups is 1. The highest BCUT2D eigenvalue weighted by Crippen LogP contribution is 2.36. The number of hydrogen-bond acceptors (Lipinski definition) is 7. The van der Waals surface area contributed by atoms with Crippen molar-refractivity contribution in [2.75, 3.05) is 13.2 Å². The fraction of sp³-hybridized carbons (Fsp3) is 0.192. The number of benzene rings is 2. The van der Waals surface area contributed by atoms with Crippen molar-refractivity contribution in [3.05, 3.63) is 87.2 Å². The second kappa shape index (κ2) is 11.6. The van der Waals surface area contributed by atoms with Crippen LogP contribution in [0.5, 0.6) is 11.5 Å². The summed E-state index contributed by atoms with van der Waals surface area (Å²) in [5, 5.41) is 3.78. The van der Waals surface area contributed by atoms with Gasteiger partial charge in [-0.2, -0.15) is 4.99 Å². The zero-order valence-corrected chi connectivity index (χ0v) is 21.8. The van der Waals surface area contributed by atoms with Gasteiger partial charge in [-0.1, -0.05) is 41.9 Å². The number of aliphatic imine (C=N–C) groups is 1. The summed E-state index contributed by atoms with van der Waals surface area (Å²) in [7, 11) is 0. The van der Waals surface area contributed by atoms with Gasteiger partial charge in [-0.05, 0) is 55.4 Å². The quantitative estimate of drug-likeness (QED) is 0.225. The number of aryl methyl sites for hydroxylation is 1. The van der Waals surface area contributed by atoms with Crippen molar-refractivity contribution >= 4 is 57.0 Å². The summed E-state index contributed by atoms with van der Waals surface area (Å²) in [6.07, 6.45) is 3.52. The number of nitrogens with zero attached hydrogens (tertiary/aromatic N) is 3. The van der Waals surface area contributed by atoms with E-state index in [1.165, 1.54) is 23.1 Å². The van der Waals surface area contributed by atoms with Gasteiger partial charge in [-0.3, -0.25) is 9.69 Å². The third kappa shape index (κ3) is 6.14. The van der Waals surface area contributed by atoms with Crippen molar-refractivity contribution in [3.8, 4) is 11.5 Å². The molecule has 0 bridgehead atoms. The lowest BCUT2D eigenvalue weighted by Crippen LogP contribution is -2.29. The van der Waals surface area contributed by atoms with Crippen LogP contribution in [-0.4, -0.2) is 34.1 Å². The Kier molecular flexibility index (Phi) is 8.28. The number of hydrogen-bond donors (Lipinski definition) is 0. The molecule has 9 heteroatoms. The number of ether oxygens (including phenoxy) is 2. The number of aromatic nitrogens is 1. The summed E-state index contributed by atoms with van der Waals surface area (Å²) >= 11 is 9.01. The Bertz CT molecular complexity index is 1300. The highest BCUT2D eigenvalue weighted by molar-refractivity contribution is 8.18. The average molecular weight is 526 g/mol. The van der Waals surface area contributed by atoms with E-state index in [2.05, 4.69) is 16.6 Å². The normalized spacial score (nSPS) is 15.7. The Morgan fingerprint density at radius 3 is 2.74 bits per heavy atom. The first-order chi connectivity index (χ1) is 17.0. The standard InChI is InChI=1S/C26H24ClN3O3S2/c1-4-12-30-24(31)23(35-26(30)29-25-28-17(3)16-34-25)14-18-10-11-21(22(13-18)32-5-2)33-15-19-8-6-7-9-20(19)27/h4,6-11,13-14,16H,1,5,12,15H2,2-3H3/b23-14-,29-26+. The Labute approximate surface area is 218 Å². The van der Waals surface area contributed by atoms with Gasteiger partial charge in [0, 0.05) is 22.5 Å². The van der Waals surface area contributed by atoms with Gasteiger partial charge in [0.1, 0.15) is 6.61 Å². The summed E-state index contributed by atoms with van der Waals surface area (Å²) in [5.41, 5.74) is 2.61. The van der Waals surface area contributed by atoms with E-state index in [4.69, 9.17) is 21.1 Å². The molecular formula is C26H24ClN3O3S2. The largest absolute Gasteiger partial charge is 0.490 e. The van der Waals surface area contributed by atoms with Gasteiger partial charge in [-0.15, -0.1) is 17.9 Å². The molecule has 3 aromatic rings. The van der Waals surface area contributed by atoms with Crippen LogP contribution in [0, 0.1) is 6.92 Å². The zero-order chi connectivity index (χ0) is 24.8. The van der Waals surface area contributed by atoms with Crippen LogP contribution in [0.1, 0.15) is 23.7 Å². The summed E-state index contributed by atoms with van der Waals surface area (Å²) in [6.45, 7) is 8.76. The van der Waals surface area contributed by atoms with Crippen molar-refractivity contribution in [1.29, 1.82) is 0 Å². The van der Waals surface area contributed by atoms with Crippen LogP contribution in [0.2, 0.25) is 5.02 Å². The SMILES string of the molecule is C=CCN1C(=O)/C(=C/c2ccc(OCc3ccccc3Cl)c(OCC)c2)S/C1=N/c1nc(C)cs1. The number of thiazole rings is 1. The molecule has 0 spiro atoms. The van der Waals surface area contributed by atoms with Crippen molar-refractivity contribution in [2.24, 2.45) is 4.99 Å². The van der Waals surface area contributed by atoms with Crippen LogP contribution < -0.4 is 9.47 Å². The fourth-order valence-electron chi connectivity index (χ4n) is 3.28. The molecule has 0 aliphatic carbocycles. The molecule has 35 heavy (non-hydrogen) atoms. The molecule has 0 saturated carbocycles. The van der Waals surface area contributed by atoms with E-state index >= 15 is 0 Å². The van der Waals surface area contributed by atoms with Crippen molar-refractivity contribution < 1.29 is 14.3 Å². The number of rotatable bonds is 9. The second-order valence-electron chi connectivity index (χ2n) is 7.50. The molecular weight excluding hydrogens is 502 g/mol. The number of amidine groups is 1. The molecule has 6 nitrogen and oxygen atoms in total. The van der Waals surface area contributed by atoms with E-state index in [9.17, 15) is 4.79 Å². The fourth-order valence-corrected chi connectivity index (χ4v) is 5.18. The van der Waals surface area contributed by atoms with E-state index in [-0.39, 0.29) is 5.91 Å². The van der Waals surface area contributed by atoms with Crippen LogP contribution >= 0.6 is 34.7 Å². The molecule has 1 saturated heterocycles. The smallest absolute Gasteiger partial charge is 0.267 e. The first-order valence-electron chi connectivity index (χ1n) is 10.9. The van der Waals surface area contributed by atoms with E-state index in [0.29, 0.717) is 51.5 Å². The minimum absolute atomic E-state index is 0.126. The molecule has 0 unspecified atom stereocenters. The highest BCUT2D eigenvalue weighted by atomic mass is 35.5. The maximum Gasteiger partial charge on any atom is 0.267 e. The molecule has 1 aromatic heterocycles. The first-order valence-corrected chi connectivity index (χ1v) is 13.0. The highest BCUT2D eigenvalue weighted by Gasteiger charge is 2.33. The Hall–Kier alpha value is -3.07. The topological polar surface area (TPSA) is 64.0 Å². The van der Waals surface area contributed by atoms with Crippen molar-refractivity contribution in [1.82, 2.24) is 9.88 Å². The van der Waals surface area contributed by atoms with Gasteiger partial charge in [0.05, 0.1) is 17.2 Å². The van der Waals surface area contributed by atoms with Gasteiger partial charge in [-0.25, -0.2) is 4.98 Å². The third-order valence-electron chi connectivity index (χ3n) is 4.90. The van der Waals surface area contributed by atoms with Gasteiger partial charge < -0.3 is 9.47 Å². The van der Waals surface area contributed by atoms with Crippen LogP contribution in [0.4, 0.5) is 5.13 Å². The Balaban J connectivity index is 1.58. The minimum Gasteiger partial charge on any atom is -0.490 e. The summed E-state index contributed by atoms with van der Waals surface area (Å²) in [5.74, 6) is 1.08. The van der Waals surface area contributed by atoms with Crippen LogP contribution in [0.15, 0.2) is 70.4 Å². The monoisotopic (exact) mass is 525 g/mol. The molecule has 1 aliphatic rings. The van der Waals surface area contributed by atoms with E-state index in [0.717, 1.165) is 16.8 Å². The second-order valence-corrected chi connectivity index (χ2v) is 9.75. The molecule has 1 fully saturated rings. The third-order valence-corrected chi connectivity index (χ3v) is 7.13. The number of carbonyl (C=O) groups excluding carboxylic acids is 1. The van der Waals surface area contributed by atoms with Gasteiger partial charge >= 0.3 is 0 Å². The number of thioether (sulfide) groups is 1.